The van der Waals surface area contributed by atoms with Crippen LogP contribution >= 0.6 is 23.2 Å². The summed E-state index contributed by atoms with van der Waals surface area (Å²) in [6.07, 6.45) is 5.03. The molecule has 40 heavy (non-hydrogen) atoms. The molecule has 1 N–H and O–H groups in total. The minimum atomic E-state index is -4.18. The van der Waals surface area contributed by atoms with E-state index in [2.05, 4.69) is 5.32 Å². The molecule has 0 heterocycles. The van der Waals surface area contributed by atoms with Gasteiger partial charge in [-0.05, 0) is 55.7 Å². The predicted octanol–water partition coefficient (Wildman–Crippen LogP) is 6.05. The zero-order valence-electron chi connectivity index (χ0n) is 22.3. The van der Waals surface area contributed by atoms with Gasteiger partial charge in [0.1, 0.15) is 12.6 Å². The third-order valence-electron chi connectivity index (χ3n) is 7.15. The Morgan fingerprint density at radius 3 is 2.12 bits per heavy atom. The van der Waals surface area contributed by atoms with Crippen molar-refractivity contribution in [3.63, 3.8) is 0 Å². The maximum Gasteiger partial charge on any atom is 0.264 e. The van der Waals surface area contributed by atoms with Gasteiger partial charge in [-0.15, -0.1) is 0 Å². The summed E-state index contributed by atoms with van der Waals surface area (Å²) in [5.74, 6) is -0.854. The predicted molar refractivity (Wildman–Crippen MR) is 159 cm³/mol. The van der Waals surface area contributed by atoms with Crippen molar-refractivity contribution in [3.05, 3.63) is 94.5 Å². The number of amides is 2. The molecule has 1 fully saturated rings. The van der Waals surface area contributed by atoms with E-state index < -0.39 is 28.5 Å². The summed E-state index contributed by atoms with van der Waals surface area (Å²) >= 11 is 12.9. The molecule has 1 aliphatic rings. The second kappa shape index (κ2) is 13.5. The van der Waals surface area contributed by atoms with E-state index in [-0.39, 0.29) is 34.1 Å². The van der Waals surface area contributed by atoms with E-state index in [1.165, 1.54) is 17.0 Å². The molecular formula is C30H33Cl2N3O4S. The van der Waals surface area contributed by atoms with Crippen molar-refractivity contribution in [1.82, 2.24) is 10.2 Å². The van der Waals surface area contributed by atoms with Crippen LogP contribution in [-0.4, -0.2) is 43.8 Å². The van der Waals surface area contributed by atoms with E-state index in [0.717, 1.165) is 36.4 Å². The summed E-state index contributed by atoms with van der Waals surface area (Å²) in [7, 11) is -4.18. The molecule has 1 atom stereocenters. The molecule has 3 aromatic carbocycles. The Balaban J connectivity index is 1.68. The summed E-state index contributed by atoms with van der Waals surface area (Å²) in [6.45, 7) is 1.12. The van der Waals surface area contributed by atoms with E-state index >= 15 is 0 Å². The Bertz CT molecular complexity index is 1430. The minimum Gasteiger partial charge on any atom is -0.352 e. The molecule has 0 spiro atoms. The third-order valence-corrected chi connectivity index (χ3v) is 9.61. The molecule has 3 aromatic rings. The molecule has 0 radical (unpaired) electrons. The van der Waals surface area contributed by atoms with Crippen molar-refractivity contribution in [3.8, 4) is 0 Å². The summed E-state index contributed by atoms with van der Waals surface area (Å²) < 4.78 is 28.6. The average Bonchev–Trinajstić information content (AvgIpc) is 2.96. The number of carbonyl (C=O) groups excluding carboxylic acids is 2. The smallest absolute Gasteiger partial charge is 0.264 e. The number of para-hydroxylation sites is 1. The van der Waals surface area contributed by atoms with Crippen LogP contribution in [0.2, 0.25) is 10.0 Å². The molecule has 0 bridgehead atoms. The highest BCUT2D eigenvalue weighted by Gasteiger charge is 2.34. The summed E-state index contributed by atoms with van der Waals surface area (Å²) in [5.41, 5.74) is 0.809. The molecule has 4 rings (SSSR count). The van der Waals surface area contributed by atoms with Gasteiger partial charge in [0, 0.05) is 17.6 Å². The zero-order valence-corrected chi connectivity index (χ0v) is 24.6. The van der Waals surface area contributed by atoms with E-state index in [1.807, 2.05) is 0 Å². The monoisotopic (exact) mass is 601 g/mol. The second-order valence-corrected chi connectivity index (χ2v) is 12.6. The Hall–Kier alpha value is -3.07. The van der Waals surface area contributed by atoms with E-state index in [4.69, 9.17) is 23.2 Å². The molecule has 0 aromatic heterocycles. The van der Waals surface area contributed by atoms with Gasteiger partial charge >= 0.3 is 0 Å². The van der Waals surface area contributed by atoms with Gasteiger partial charge in [-0.25, -0.2) is 8.42 Å². The molecule has 7 nitrogen and oxygen atoms in total. The van der Waals surface area contributed by atoms with Gasteiger partial charge < -0.3 is 10.2 Å². The van der Waals surface area contributed by atoms with Crippen LogP contribution in [0, 0.1) is 0 Å². The lowest BCUT2D eigenvalue weighted by molar-refractivity contribution is -0.139. The lowest BCUT2D eigenvalue weighted by Gasteiger charge is -2.33. The van der Waals surface area contributed by atoms with Crippen molar-refractivity contribution in [2.45, 2.75) is 62.6 Å². The number of sulfonamides is 1. The number of rotatable bonds is 10. The highest BCUT2D eigenvalue weighted by molar-refractivity contribution is 7.92. The van der Waals surface area contributed by atoms with Crippen LogP contribution < -0.4 is 9.62 Å². The Kier molecular flexibility index (Phi) is 10.1. The Morgan fingerprint density at radius 2 is 1.48 bits per heavy atom. The standard InChI is InChI=1S/C30H33Cl2N3O4S/c1-22(30(37)33-24-13-4-2-5-14-24)34(20-23-12-8-9-17-26(23)31)29(36)21-35(28-19-11-10-18-27(28)32)40(38,39)25-15-6-3-7-16-25/h3,6-12,15-19,22,24H,2,4-5,13-14,20-21H2,1H3,(H,33,37)/t22-/m0/s1. The lowest BCUT2D eigenvalue weighted by Crippen LogP contribution is -2.53. The first kappa shape index (κ1) is 29.9. The number of carbonyl (C=O) groups is 2. The van der Waals surface area contributed by atoms with Gasteiger partial charge in [-0.1, -0.05) is 91.0 Å². The average molecular weight is 603 g/mol. The molecule has 1 aliphatic carbocycles. The summed E-state index contributed by atoms with van der Waals surface area (Å²) in [5, 5.41) is 3.71. The zero-order chi connectivity index (χ0) is 28.7. The minimum absolute atomic E-state index is 0.0171. The highest BCUT2D eigenvalue weighted by Crippen LogP contribution is 2.31. The number of hydrogen-bond donors (Lipinski definition) is 1. The maximum absolute atomic E-state index is 14.0. The van der Waals surface area contributed by atoms with Crippen molar-refractivity contribution in [2.24, 2.45) is 0 Å². The highest BCUT2D eigenvalue weighted by atomic mass is 35.5. The summed E-state index contributed by atoms with van der Waals surface area (Å²) in [6, 6.07) is 20.6. The number of benzene rings is 3. The third kappa shape index (κ3) is 7.16. The molecule has 2 amide bonds. The van der Waals surface area contributed by atoms with Crippen LogP contribution in [0.4, 0.5) is 5.69 Å². The SMILES string of the molecule is C[C@@H](C(=O)NC1CCCCC1)N(Cc1ccccc1Cl)C(=O)CN(c1ccccc1Cl)S(=O)(=O)c1ccccc1. The van der Waals surface area contributed by atoms with Gasteiger partial charge in [0.15, 0.2) is 0 Å². The number of nitrogens with one attached hydrogen (secondary N) is 1. The largest absolute Gasteiger partial charge is 0.352 e. The van der Waals surface area contributed by atoms with Gasteiger partial charge in [0.25, 0.3) is 10.0 Å². The van der Waals surface area contributed by atoms with Gasteiger partial charge in [-0.3, -0.25) is 13.9 Å². The molecule has 0 unspecified atom stereocenters. The van der Waals surface area contributed by atoms with E-state index in [9.17, 15) is 18.0 Å². The number of halogens is 2. The number of nitrogens with zero attached hydrogens (tertiary/aromatic N) is 2. The Morgan fingerprint density at radius 1 is 0.875 bits per heavy atom. The second-order valence-electron chi connectivity index (χ2n) is 9.91. The van der Waals surface area contributed by atoms with Crippen molar-refractivity contribution in [1.29, 1.82) is 0 Å². The van der Waals surface area contributed by atoms with Crippen LogP contribution in [0.5, 0.6) is 0 Å². The quantitative estimate of drug-likeness (QED) is 0.306. The molecule has 212 valence electrons. The summed E-state index contributed by atoms with van der Waals surface area (Å²) in [4.78, 5) is 28.8. The van der Waals surface area contributed by atoms with Crippen molar-refractivity contribution in [2.75, 3.05) is 10.8 Å². The first-order chi connectivity index (χ1) is 19.2. The fourth-order valence-electron chi connectivity index (χ4n) is 4.85. The van der Waals surface area contributed by atoms with E-state index in [1.54, 1.807) is 73.7 Å². The fourth-order valence-corrected chi connectivity index (χ4v) is 6.79. The molecule has 1 saturated carbocycles. The molecule has 0 saturated heterocycles. The van der Waals surface area contributed by atoms with Gasteiger partial charge in [0.2, 0.25) is 11.8 Å². The molecule has 0 aliphatic heterocycles. The van der Waals surface area contributed by atoms with Crippen LogP contribution in [0.3, 0.4) is 0 Å². The van der Waals surface area contributed by atoms with Gasteiger partial charge in [0.05, 0.1) is 15.6 Å². The number of anilines is 1. The topological polar surface area (TPSA) is 86.8 Å². The van der Waals surface area contributed by atoms with Crippen LogP contribution in [-0.2, 0) is 26.2 Å². The van der Waals surface area contributed by atoms with Crippen molar-refractivity contribution >= 4 is 50.7 Å². The normalized spacial score (nSPS) is 14.8. The molecule has 10 heteroatoms. The van der Waals surface area contributed by atoms with Crippen LogP contribution in [0.15, 0.2) is 83.8 Å². The maximum atomic E-state index is 14.0. The first-order valence-electron chi connectivity index (χ1n) is 13.3. The number of hydrogen-bond acceptors (Lipinski definition) is 4. The van der Waals surface area contributed by atoms with Crippen LogP contribution in [0.25, 0.3) is 0 Å². The van der Waals surface area contributed by atoms with E-state index in [0.29, 0.717) is 10.6 Å². The lowest BCUT2D eigenvalue weighted by atomic mass is 9.95. The fraction of sp³-hybridized carbons (Fsp3) is 0.333. The Labute approximate surface area is 246 Å². The van der Waals surface area contributed by atoms with Gasteiger partial charge in [-0.2, -0.15) is 0 Å². The van der Waals surface area contributed by atoms with Crippen LogP contribution in [0.1, 0.15) is 44.6 Å². The van der Waals surface area contributed by atoms with Crippen molar-refractivity contribution < 1.29 is 18.0 Å². The first-order valence-corrected chi connectivity index (χ1v) is 15.5. The molecular weight excluding hydrogens is 569 g/mol.